The van der Waals surface area contributed by atoms with Crippen molar-refractivity contribution in [1.29, 1.82) is 0 Å². The summed E-state index contributed by atoms with van der Waals surface area (Å²) >= 11 is 4.31. The number of unbranched alkanes of at least 4 members (excludes halogenated alkanes) is 1. The molecule has 0 saturated heterocycles. The van der Waals surface area contributed by atoms with Crippen molar-refractivity contribution in [3.05, 3.63) is 60.4 Å². The molecule has 0 atom stereocenters. The molecule has 0 saturated carbocycles. The van der Waals surface area contributed by atoms with E-state index in [9.17, 15) is 9.59 Å². The lowest BCUT2D eigenvalue weighted by atomic mass is 9.98. The molecule has 1 N–H and O–H groups in total. The van der Waals surface area contributed by atoms with Gasteiger partial charge in [0.25, 0.3) is 0 Å². The first kappa shape index (κ1) is 23.1. The molecule has 1 aromatic heterocycles. The summed E-state index contributed by atoms with van der Waals surface area (Å²) in [7, 11) is 0. The van der Waals surface area contributed by atoms with Gasteiger partial charge in [-0.15, -0.1) is 0 Å². The van der Waals surface area contributed by atoms with Gasteiger partial charge in [-0.3, -0.25) is 9.59 Å². The molecule has 0 amide bonds. The molecule has 0 bridgehead atoms. The highest BCUT2D eigenvalue weighted by Crippen LogP contribution is 2.33. The predicted molar refractivity (Wildman–Crippen MR) is 132 cm³/mol. The zero-order chi connectivity index (χ0) is 21.7. The first-order chi connectivity index (χ1) is 14.4. The summed E-state index contributed by atoms with van der Waals surface area (Å²) in [5, 5.41) is 9.60. The molecule has 0 aliphatic rings. The Morgan fingerprint density at radius 1 is 1.10 bits per heavy atom. The van der Waals surface area contributed by atoms with Crippen LogP contribution in [0.15, 0.2) is 40.8 Å². The monoisotopic (exact) mass is 632 g/mol. The molecule has 3 rings (SSSR count). The van der Waals surface area contributed by atoms with E-state index in [0.717, 1.165) is 43.1 Å². The van der Waals surface area contributed by atoms with Gasteiger partial charge in [-0.2, -0.15) is 0 Å². The molecular formula is C23H22I2O5. The van der Waals surface area contributed by atoms with Gasteiger partial charge in [0.1, 0.15) is 17.1 Å². The fourth-order valence-electron chi connectivity index (χ4n) is 3.23. The van der Waals surface area contributed by atoms with Crippen molar-refractivity contribution in [3.8, 4) is 5.75 Å². The van der Waals surface area contributed by atoms with Crippen LogP contribution in [0.1, 0.15) is 54.3 Å². The van der Waals surface area contributed by atoms with E-state index in [1.807, 2.05) is 36.4 Å². The van der Waals surface area contributed by atoms with Crippen molar-refractivity contribution < 1.29 is 23.8 Å². The predicted octanol–water partition coefficient (Wildman–Crippen LogP) is 6.46. The topological polar surface area (TPSA) is 76.7 Å². The summed E-state index contributed by atoms with van der Waals surface area (Å²) < 4.78 is 13.4. The summed E-state index contributed by atoms with van der Waals surface area (Å²) in [6.45, 7) is 2.43. The van der Waals surface area contributed by atoms with Gasteiger partial charge in [0.05, 0.1) is 19.3 Å². The lowest BCUT2D eigenvalue weighted by molar-refractivity contribution is -0.137. The zero-order valence-electron chi connectivity index (χ0n) is 16.5. The average molecular weight is 632 g/mol. The molecule has 5 nitrogen and oxygen atoms in total. The molecule has 0 fully saturated rings. The number of carboxylic acid groups (broad SMARTS) is 1. The van der Waals surface area contributed by atoms with Crippen LogP contribution >= 0.6 is 45.2 Å². The van der Waals surface area contributed by atoms with Crippen LogP contribution in [0.25, 0.3) is 11.0 Å². The fraction of sp³-hybridized carbons (Fsp3) is 0.304. The number of benzene rings is 2. The number of ketones is 1. The SMILES string of the molecule is CCCCc1oc2ccccc2c1C(=O)c1cc(I)c(OCCCC(=O)O)c(I)c1. The molecule has 30 heavy (non-hydrogen) atoms. The van der Waals surface area contributed by atoms with Gasteiger partial charge in [0.15, 0.2) is 5.78 Å². The van der Waals surface area contributed by atoms with Crippen LogP contribution in [0.5, 0.6) is 5.75 Å². The summed E-state index contributed by atoms with van der Waals surface area (Å²) in [5.74, 6) is 0.526. The van der Waals surface area contributed by atoms with E-state index < -0.39 is 5.97 Å². The van der Waals surface area contributed by atoms with Crippen LogP contribution in [0.2, 0.25) is 0 Å². The second kappa shape index (κ2) is 10.6. The molecule has 1 heterocycles. The number of aliphatic carboxylic acids is 1. The Balaban J connectivity index is 1.91. The van der Waals surface area contributed by atoms with Crippen molar-refractivity contribution in [1.82, 2.24) is 0 Å². The molecule has 0 radical (unpaired) electrons. The van der Waals surface area contributed by atoms with Crippen molar-refractivity contribution in [3.63, 3.8) is 0 Å². The van der Waals surface area contributed by atoms with E-state index >= 15 is 0 Å². The Kier molecular flexibility index (Phi) is 8.15. The van der Waals surface area contributed by atoms with Gasteiger partial charge in [-0.25, -0.2) is 0 Å². The molecule has 0 aliphatic heterocycles. The van der Waals surface area contributed by atoms with Crippen LogP contribution in [0, 0.1) is 7.14 Å². The van der Waals surface area contributed by atoms with Gasteiger partial charge in [0.2, 0.25) is 0 Å². The van der Waals surface area contributed by atoms with Crippen LogP contribution < -0.4 is 4.74 Å². The maximum atomic E-state index is 13.5. The maximum absolute atomic E-state index is 13.5. The number of aryl methyl sites for hydroxylation is 1. The third-order valence-corrected chi connectivity index (χ3v) is 6.30. The molecule has 2 aromatic carbocycles. The Morgan fingerprint density at radius 2 is 1.80 bits per heavy atom. The fourth-order valence-corrected chi connectivity index (χ4v) is 5.31. The van der Waals surface area contributed by atoms with Crippen LogP contribution in [-0.2, 0) is 11.2 Å². The van der Waals surface area contributed by atoms with Gasteiger partial charge in [-0.05, 0) is 76.2 Å². The van der Waals surface area contributed by atoms with Gasteiger partial charge >= 0.3 is 5.97 Å². The van der Waals surface area contributed by atoms with Gasteiger partial charge in [-0.1, -0.05) is 31.5 Å². The smallest absolute Gasteiger partial charge is 0.303 e. The van der Waals surface area contributed by atoms with Crippen LogP contribution in [0.3, 0.4) is 0 Å². The largest absolute Gasteiger partial charge is 0.491 e. The van der Waals surface area contributed by atoms with Crippen molar-refractivity contribution in [2.75, 3.05) is 6.61 Å². The first-order valence-electron chi connectivity index (χ1n) is 9.81. The van der Waals surface area contributed by atoms with E-state index in [4.69, 9.17) is 14.3 Å². The highest BCUT2D eigenvalue weighted by molar-refractivity contribution is 14.1. The second-order valence-corrected chi connectivity index (χ2v) is 9.27. The normalized spacial score (nSPS) is 11.0. The number of carboxylic acids is 1. The van der Waals surface area contributed by atoms with Crippen molar-refractivity contribution in [2.45, 2.75) is 39.0 Å². The lowest BCUT2D eigenvalue weighted by Gasteiger charge is -2.12. The number of para-hydroxylation sites is 1. The average Bonchev–Trinajstić information content (AvgIpc) is 3.08. The number of rotatable bonds is 10. The van der Waals surface area contributed by atoms with E-state index in [0.29, 0.717) is 29.9 Å². The molecule has 158 valence electrons. The first-order valence-corrected chi connectivity index (χ1v) is 12.0. The number of halogens is 2. The van der Waals surface area contributed by atoms with E-state index in [1.165, 1.54) is 0 Å². The molecule has 3 aromatic rings. The van der Waals surface area contributed by atoms with E-state index in [-0.39, 0.29) is 12.2 Å². The Labute approximate surface area is 202 Å². The summed E-state index contributed by atoms with van der Waals surface area (Å²) in [6, 6.07) is 11.3. The molecular weight excluding hydrogens is 610 g/mol. The summed E-state index contributed by atoms with van der Waals surface area (Å²) in [4.78, 5) is 24.1. The Morgan fingerprint density at radius 3 is 2.47 bits per heavy atom. The summed E-state index contributed by atoms with van der Waals surface area (Å²) in [5.41, 5.74) is 1.96. The number of furan rings is 1. The highest BCUT2D eigenvalue weighted by atomic mass is 127. The van der Waals surface area contributed by atoms with Gasteiger partial charge in [0, 0.05) is 23.8 Å². The van der Waals surface area contributed by atoms with Crippen LogP contribution in [-0.4, -0.2) is 23.5 Å². The number of ether oxygens (including phenoxy) is 1. The Bertz CT molecular complexity index is 1050. The standard InChI is InChI=1S/C23H22I2O5/c1-2-3-8-19-21(15-7-4-5-9-18(15)30-19)22(28)14-12-16(24)23(17(25)13-14)29-11-6-10-20(26)27/h4-5,7,9,12-13H,2-3,6,8,10-11H2,1H3,(H,26,27). The zero-order valence-corrected chi connectivity index (χ0v) is 20.9. The van der Waals surface area contributed by atoms with Crippen molar-refractivity contribution >= 4 is 67.9 Å². The Hall–Kier alpha value is -1.62. The molecule has 0 spiro atoms. The minimum Gasteiger partial charge on any atom is -0.491 e. The maximum Gasteiger partial charge on any atom is 0.303 e. The third kappa shape index (κ3) is 5.35. The quantitative estimate of drug-likeness (QED) is 0.158. The van der Waals surface area contributed by atoms with Crippen molar-refractivity contribution in [2.24, 2.45) is 0 Å². The number of hydrogen-bond acceptors (Lipinski definition) is 4. The third-order valence-electron chi connectivity index (χ3n) is 4.69. The van der Waals surface area contributed by atoms with Crippen LogP contribution in [0.4, 0.5) is 0 Å². The summed E-state index contributed by atoms with van der Waals surface area (Å²) in [6.07, 6.45) is 3.21. The number of carbonyl (C=O) groups is 2. The molecule has 0 unspecified atom stereocenters. The lowest BCUT2D eigenvalue weighted by Crippen LogP contribution is -2.08. The highest BCUT2D eigenvalue weighted by Gasteiger charge is 2.23. The van der Waals surface area contributed by atoms with E-state index in [1.54, 1.807) is 0 Å². The number of fused-ring (bicyclic) bond motifs is 1. The molecule has 7 heteroatoms. The number of carbonyl (C=O) groups excluding carboxylic acids is 1. The minimum absolute atomic E-state index is 0.0562. The van der Waals surface area contributed by atoms with E-state index in [2.05, 4.69) is 52.1 Å². The minimum atomic E-state index is -0.838. The molecule has 0 aliphatic carbocycles. The second-order valence-electron chi connectivity index (χ2n) is 6.94. The number of hydrogen-bond donors (Lipinski definition) is 1. The van der Waals surface area contributed by atoms with Gasteiger partial charge < -0.3 is 14.3 Å².